The number of aromatic carboxylic acids is 1. The van der Waals surface area contributed by atoms with Gasteiger partial charge in [0.2, 0.25) is 0 Å². The van der Waals surface area contributed by atoms with Gasteiger partial charge >= 0.3 is 5.97 Å². The van der Waals surface area contributed by atoms with E-state index in [2.05, 4.69) is 34.1 Å². The molecule has 1 aliphatic heterocycles. The monoisotopic (exact) mass is 350 g/mol. The van der Waals surface area contributed by atoms with Crippen LogP contribution in [0.5, 0.6) is 0 Å². The van der Waals surface area contributed by atoms with Crippen molar-refractivity contribution in [1.29, 1.82) is 0 Å². The molecule has 0 radical (unpaired) electrons. The maximum atomic E-state index is 11.4. The van der Waals surface area contributed by atoms with E-state index >= 15 is 0 Å². The van der Waals surface area contributed by atoms with E-state index in [1.54, 1.807) is 12.1 Å². The zero-order valence-electron chi connectivity index (χ0n) is 15.1. The van der Waals surface area contributed by atoms with Gasteiger partial charge in [0, 0.05) is 38.8 Å². The van der Waals surface area contributed by atoms with Crippen molar-refractivity contribution in [3.05, 3.63) is 70.8 Å². The summed E-state index contributed by atoms with van der Waals surface area (Å²) in [5, 5.41) is 9.36. The topological polar surface area (TPSA) is 43.8 Å². The fraction of sp³-hybridized carbons (Fsp3) is 0.409. The molecule has 0 unspecified atom stereocenters. The van der Waals surface area contributed by atoms with E-state index in [0.717, 1.165) is 44.7 Å². The van der Waals surface area contributed by atoms with E-state index in [-0.39, 0.29) is 0 Å². The van der Waals surface area contributed by atoms with Crippen molar-refractivity contribution in [3.8, 4) is 0 Å². The minimum atomic E-state index is -0.833. The molecule has 1 saturated heterocycles. The lowest BCUT2D eigenvalue weighted by Gasteiger charge is -2.41. The SMILES string of the molecule is O=C(O)c1ccccc1CN1CCN([C@H]2CCc3ccccc3C2)CC1. The van der Waals surface area contributed by atoms with Crippen molar-refractivity contribution in [2.24, 2.45) is 0 Å². The number of fused-ring (bicyclic) bond motifs is 1. The highest BCUT2D eigenvalue weighted by molar-refractivity contribution is 5.89. The fourth-order valence-electron chi connectivity index (χ4n) is 4.38. The summed E-state index contributed by atoms with van der Waals surface area (Å²) in [6.07, 6.45) is 3.60. The first-order valence-electron chi connectivity index (χ1n) is 9.55. The van der Waals surface area contributed by atoms with Crippen LogP contribution in [0, 0.1) is 0 Å². The number of carbonyl (C=O) groups is 1. The molecule has 0 bridgehead atoms. The van der Waals surface area contributed by atoms with Gasteiger partial charge in [-0.05, 0) is 42.0 Å². The summed E-state index contributed by atoms with van der Waals surface area (Å²) in [6, 6.07) is 16.9. The van der Waals surface area contributed by atoms with Gasteiger partial charge in [-0.1, -0.05) is 42.5 Å². The Bertz CT molecular complexity index is 781. The van der Waals surface area contributed by atoms with E-state index in [9.17, 15) is 9.90 Å². The molecule has 2 aliphatic rings. The van der Waals surface area contributed by atoms with Gasteiger partial charge in [-0.25, -0.2) is 4.79 Å². The van der Waals surface area contributed by atoms with E-state index in [1.165, 1.54) is 24.0 Å². The van der Waals surface area contributed by atoms with Crippen LogP contribution in [0.3, 0.4) is 0 Å². The molecule has 4 nitrogen and oxygen atoms in total. The first kappa shape index (κ1) is 17.3. The van der Waals surface area contributed by atoms with Gasteiger partial charge in [0.05, 0.1) is 5.56 Å². The highest BCUT2D eigenvalue weighted by Crippen LogP contribution is 2.25. The van der Waals surface area contributed by atoms with Crippen molar-refractivity contribution in [3.63, 3.8) is 0 Å². The van der Waals surface area contributed by atoms with Crippen LogP contribution in [0.25, 0.3) is 0 Å². The molecule has 1 atom stereocenters. The zero-order valence-corrected chi connectivity index (χ0v) is 15.1. The summed E-state index contributed by atoms with van der Waals surface area (Å²) in [6.45, 7) is 4.88. The second kappa shape index (κ2) is 7.60. The van der Waals surface area contributed by atoms with Crippen LogP contribution in [0.1, 0.15) is 33.5 Å². The normalized spacial score (nSPS) is 21.3. The Labute approximate surface area is 155 Å². The number of benzene rings is 2. The van der Waals surface area contributed by atoms with E-state index in [1.807, 2.05) is 12.1 Å². The second-order valence-corrected chi connectivity index (χ2v) is 7.44. The maximum Gasteiger partial charge on any atom is 0.336 e. The lowest BCUT2D eigenvalue weighted by Crippen LogP contribution is -2.51. The summed E-state index contributed by atoms with van der Waals surface area (Å²) in [5.74, 6) is -0.833. The third-order valence-electron chi connectivity index (χ3n) is 5.89. The highest BCUT2D eigenvalue weighted by Gasteiger charge is 2.27. The number of nitrogens with zero attached hydrogens (tertiary/aromatic N) is 2. The Morgan fingerprint density at radius 1 is 0.962 bits per heavy atom. The summed E-state index contributed by atoms with van der Waals surface area (Å²) in [4.78, 5) is 16.4. The van der Waals surface area contributed by atoms with Crippen LogP contribution in [0.4, 0.5) is 0 Å². The Morgan fingerprint density at radius 2 is 1.65 bits per heavy atom. The van der Waals surface area contributed by atoms with Crippen molar-refractivity contribution in [2.45, 2.75) is 31.8 Å². The Morgan fingerprint density at radius 3 is 2.42 bits per heavy atom. The zero-order chi connectivity index (χ0) is 17.9. The number of piperazine rings is 1. The summed E-state index contributed by atoms with van der Waals surface area (Å²) < 4.78 is 0. The standard InChI is InChI=1S/C22H26N2O2/c25-22(26)21-8-4-3-7-19(21)16-23-11-13-24(14-12-23)20-10-9-17-5-1-2-6-18(17)15-20/h1-8,20H,9-16H2,(H,25,26)/t20-/m0/s1. The minimum Gasteiger partial charge on any atom is -0.478 e. The molecule has 0 amide bonds. The largest absolute Gasteiger partial charge is 0.478 e. The summed E-state index contributed by atoms with van der Waals surface area (Å²) in [7, 11) is 0. The van der Waals surface area contributed by atoms with Crippen LogP contribution in [-0.4, -0.2) is 53.1 Å². The number of rotatable bonds is 4. The number of hydrogen-bond acceptors (Lipinski definition) is 3. The molecule has 1 fully saturated rings. The molecule has 2 aromatic rings. The predicted octanol–water partition coefficient (Wildman–Crippen LogP) is 3.06. The molecular weight excluding hydrogens is 324 g/mol. The maximum absolute atomic E-state index is 11.4. The highest BCUT2D eigenvalue weighted by atomic mass is 16.4. The van der Waals surface area contributed by atoms with E-state index in [4.69, 9.17) is 0 Å². The molecule has 1 aliphatic carbocycles. The molecule has 136 valence electrons. The summed E-state index contributed by atoms with van der Waals surface area (Å²) >= 11 is 0. The quantitative estimate of drug-likeness (QED) is 0.920. The third-order valence-corrected chi connectivity index (χ3v) is 5.89. The van der Waals surface area contributed by atoms with Crippen LogP contribution in [0.15, 0.2) is 48.5 Å². The van der Waals surface area contributed by atoms with Gasteiger partial charge in [0.1, 0.15) is 0 Å². The minimum absolute atomic E-state index is 0.429. The first-order valence-corrected chi connectivity index (χ1v) is 9.55. The fourth-order valence-corrected chi connectivity index (χ4v) is 4.38. The molecule has 1 heterocycles. The molecule has 2 aromatic carbocycles. The second-order valence-electron chi connectivity index (χ2n) is 7.44. The lowest BCUT2D eigenvalue weighted by molar-refractivity contribution is 0.0688. The van der Waals surface area contributed by atoms with Crippen LogP contribution < -0.4 is 0 Å². The average molecular weight is 350 g/mol. The van der Waals surface area contributed by atoms with Crippen LogP contribution in [-0.2, 0) is 19.4 Å². The predicted molar refractivity (Wildman–Crippen MR) is 103 cm³/mol. The average Bonchev–Trinajstić information content (AvgIpc) is 2.68. The number of aryl methyl sites for hydroxylation is 1. The number of carboxylic acids is 1. The molecule has 26 heavy (non-hydrogen) atoms. The van der Waals surface area contributed by atoms with E-state index in [0.29, 0.717) is 11.6 Å². The first-order chi connectivity index (χ1) is 12.7. The van der Waals surface area contributed by atoms with Gasteiger partial charge in [0.25, 0.3) is 0 Å². The summed E-state index contributed by atoms with van der Waals surface area (Å²) in [5.41, 5.74) is 4.38. The molecule has 0 spiro atoms. The molecule has 0 aromatic heterocycles. The molecule has 0 saturated carbocycles. The molecule has 4 rings (SSSR count). The van der Waals surface area contributed by atoms with Crippen molar-refractivity contribution in [2.75, 3.05) is 26.2 Å². The Hall–Kier alpha value is -2.17. The lowest BCUT2D eigenvalue weighted by atomic mass is 9.87. The Kier molecular flexibility index (Phi) is 5.05. The molecule has 4 heteroatoms. The van der Waals surface area contributed by atoms with Gasteiger partial charge in [-0.3, -0.25) is 9.80 Å². The third kappa shape index (κ3) is 3.67. The van der Waals surface area contributed by atoms with E-state index < -0.39 is 5.97 Å². The van der Waals surface area contributed by atoms with Crippen LogP contribution in [0.2, 0.25) is 0 Å². The Balaban J connectivity index is 1.35. The van der Waals surface area contributed by atoms with Crippen molar-refractivity contribution >= 4 is 5.97 Å². The van der Waals surface area contributed by atoms with Gasteiger partial charge in [-0.15, -0.1) is 0 Å². The van der Waals surface area contributed by atoms with Crippen molar-refractivity contribution < 1.29 is 9.90 Å². The molecule has 1 N–H and O–H groups in total. The van der Waals surface area contributed by atoms with Crippen molar-refractivity contribution in [1.82, 2.24) is 9.80 Å². The smallest absolute Gasteiger partial charge is 0.336 e. The number of hydrogen-bond donors (Lipinski definition) is 1. The molecular formula is C22H26N2O2. The van der Waals surface area contributed by atoms with Gasteiger partial charge in [0.15, 0.2) is 0 Å². The van der Waals surface area contributed by atoms with Gasteiger partial charge < -0.3 is 5.11 Å². The van der Waals surface area contributed by atoms with Crippen LogP contribution >= 0.6 is 0 Å². The van der Waals surface area contributed by atoms with Gasteiger partial charge in [-0.2, -0.15) is 0 Å². The number of carboxylic acid groups (broad SMARTS) is 1.